The van der Waals surface area contributed by atoms with E-state index >= 15 is 0 Å². The van der Waals surface area contributed by atoms with Gasteiger partial charge in [0, 0.05) is 18.8 Å². The summed E-state index contributed by atoms with van der Waals surface area (Å²) in [6, 6.07) is 7.35. The Balaban J connectivity index is 2.52. The molecule has 0 bridgehead atoms. The summed E-state index contributed by atoms with van der Waals surface area (Å²) in [6.07, 6.45) is 0. The highest BCUT2D eigenvalue weighted by Crippen LogP contribution is 2.11. The Morgan fingerprint density at radius 2 is 1.84 bits per heavy atom. The molecule has 0 amide bonds. The zero-order valence-electron chi connectivity index (χ0n) is 11.5. The van der Waals surface area contributed by atoms with Gasteiger partial charge >= 0.3 is 0 Å². The van der Waals surface area contributed by atoms with Crippen LogP contribution in [-0.4, -0.2) is 33.9 Å². The fourth-order valence-electron chi connectivity index (χ4n) is 1.50. The number of hydrogen-bond acceptors (Lipinski definition) is 4. The fourth-order valence-corrected chi connectivity index (χ4v) is 2.44. The summed E-state index contributed by atoms with van der Waals surface area (Å²) in [4.78, 5) is 0. The smallest absolute Gasteiger partial charge is 0.234 e. The zero-order chi connectivity index (χ0) is 14.1. The molecule has 1 aromatic carbocycles. The molecule has 0 aliphatic heterocycles. The molecule has 0 saturated carbocycles. The molecule has 0 aliphatic carbocycles. The predicted octanol–water partition coefficient (Wildman–Crippen LogP) is 1.57. The Kier molecular flexibility index (Phi) is 6.83. The van der Waals surface area contributed by atoms with Gasteiger partial charge in [-0.25, -0.2) is 8.42 Å². The van der Waals surface area contributed by atoms with E-state index < -0.39 is 10.0 Å². The van der Waals surface area contributed by atoms with Crippen molar-refractivity contribution in [3.63, 3.8) is 0 Å². The van der Waals surface area contributed by atoms with Gasteiger partial charge in [-0.15, -0.1) is 0 Å². The molecule has 0 unspecified atom stereocenters. The molecular weight excluding hydrogens is 264 g/mol. The van der Waals surface area contributed by atoms with Crippen molar-refractivity contribution in [1.82, 2.24) is 5.32 Å². The van der Waals surface area contributed by atoms with Crippen LogP contribution in [0.25, 0.3) is 0 Å². The lowest BCUT2D eigenvalue weighted by Gasteiger charge is -2.09. The first-order chi connectivity index (χ1) is 9.07. The minimum Gasteiger partial charge on any atom is -0.381 e. The Bertz CT molecular complexity index is 457. The Hall–Kier alpha value is -1.11. The Morgan fingerprint density at radius 3 is 2.42 bits per heavy atom. The van der Waals surface area contributed by atoms with Crippen LogP contribution >= 0.6 is 0 Å². The van der Waals surface area contributed by atoms with Crippen molar-refractivity contribution in [3.8, 4) is 0 Å². The van der Waals surface area contributed by atoms with Gasteiger partial charge in [0.1, 0.15) is 0 Å². The van der Waals surface area contributed by atoms with Crippen LogP contribution in [0.15, 0.2) is 24.3 Å². The van der Waals surface area contributed by atoms with E-state index in [0.717, 1.165) is 18.7 Å². The van der Waals surface area contributed by atoms with Crippen molar-refractivity contribution in [3.05, 3.63) is 29.8 Å². The second-order valence-corrected chi connectivity index (χ2v) is 5.94. The molecule has 0 heterocycles. The summed E-state index contributed by atoms with van der Waals surface area (Å²) in [7, 11) is -3.33. The lowest BCUT2D eigenvalue weighted by Crippen LogP contribution is -2.20. The second kappa shape index (κ2) is 8.14. The van der Waals surface area contributed by atoms with E-state index in [9.17, 15) is 8.42 Å². The summed E-state index contributed by atoms with van der Waals surface area (Å²) in [5.41, 5.74) is 1.70. The maximum Gasteiger partial charge on any atom is 0.234 e. The first-order valence-electron chi connectivity index (χ1n) is 6.45. The molecule has 108 valence electrons. The molecule has 19 heavy (non-hydrogen) atoms. The normalized spacial score (nSPS) is 11.5. The van der Waals surface area contributed by atoms with Gasteiger partial charge in [0.15, 0.2) is 0 Å². The number of sulfonamides is 1. The first kappa shape index (κ1) is 15.9. The molecular formula is C13H22N2O3S. The molecule has 6 heteroatoms. The lowest BCUT2D eigenvalue weighted by atomic mass is 10.2. The van der Waals surface area contributed by atoms with Crippen LogP contribution in [0.5, 0.6) is 0 Å². The monoisotopic (exact) mass is 286 g/mol. The van der Waals surface area contributed by atoms with Gasteiger partial charge in [0.2, 0.25) is 10.0 Å². The average Bonchev–Trinajstić information content (AvgIpc) is 2.38. The third kappa shape index (κ3) is 6.56. The van der Waals surface area contributed by atoms with Gasteiger partial charge in [-0.05, 0) is 31.2 Å². The SMILES string of the molecule is CCNCc1ccc(NS(=O)(=O)CCOCC)cc1. The zero-order valence-corrected chi connectivity index (χ0v) is 12.3. The van der Waals surface area contributed by atoms with E-state index in [2.05, 4.69) is 10.0 Å². The average molecular weight is 286 g/mol. The van der Waals surface area contributed by atoms with Gasteiger partial charge in [0.25, 0.3) is 0 Å². The van der Waals surface area contributed by atoms with Crippen molar-refractivity contribution in [2.24, 2.45) is 0 Å². The highest BCUT2D eigenvalue weighted by atomic mass is 32.2. The summed E-state index contributed by atoms with van der Waals surface area (Å²) >= 11 is 0. The van der Waals surface area contributed by atoms with Crippen LogP contribution in [0.2, 0.25) is 0 Å². The van der Waals surface area contributed by atoms with E-state index in [1.807, 2.05) is 26.0 Å². The predicted molar refractivity (Wildman–Crippen MR) is 77.7 cm³/mol. The van der Waals surface area contributed by atoms with E-state index in [1.54, 1.807) is 12.1 Å². The molecule has 0 aliphatic rings. The molecule has 2 N–H and O–H groups in total. The summed E-state index contributed by atoms with van der Waals surface area (Å²) in [6.45, 7) is 6.31. The maximum atomic E-state index is 11.7. The molecule has 0 saturated heterocycles. The molecule has 5 nitrogen and oxygen atoms in total. The minimum absolute atomic E-state index is 0.0278. The molecule has 1 rings (SSSR count). The van der Waals surface area contributed by atoms with Gasteiger partial charge < -0.3 is 10.1 Å². The largest absolute Gasteiger partial charge is 0.381 e. The van der Waals surface area contributed by atoms with Crippen LogP contribution in [-0.2, 0) is 21.3 Å². The number of anilines is 1. The third-order valence-electron chi connectivity index (χ3n) is 2.51. The van der Waals surface area contributed by atoms with Crippen LogP contribution < -0.4 is 10.0 Å². The summed E-state index contributed by atoms with van der Waals surface area (Å²) in [5, 5.41) is 3.21. The highest BCUT2D eigenvalue weighted by Gasteiger charge is 2.09. The highest BCUT2D eigenvalue weighted by molar-refractivity contribution is 7.92. The third-order valence-corrected chi connectivity index (χ3v) is 3.76. The standard InChI is InChI=1S/C13H22N2O3S/c1-3-14-11-12-5-7-13(8-6-12)15-19(16,17)10-9-18-4-2/h5-8,14-15H,3-4,9-11H2,1-2H3. The maximum absolute atomic E-state index is 11.7. The molecule has 1 aromatic rings. The van der Waals surface area contributed by atoms with Crippen LogP contribution in [0.3, 0.4) is 0 Å². The lowest BCUT2D eigenvalue weighted by molar-refractivity contribution is 0.163. The second-order valence-electron chi connectivity index (χ2n) is 4.10. The van der Waals surface area contributed by atoms with Crippen molar-refractivity contribution in [1.29, 1.82) is 0 Å². The van der Waals surface area contributed by atoms with Crippen molar-refractivity contribution in [2.75, 3.05) is 30.2 Å². The molecule has 0 fully saturated rings. The molecule has 0 spiro atoms. The molecule has 0 radical (unpaired) electrons. The van der Waals surface area contributed by atoms with E-state index in [-0.39, 0.29) is 12.4 Å². The fraction of sp³-hybridized carbons (Fsp3) is 0.538. The van der Waals surface area contributed by atoms with Gasteiger partial charge in [-0.1, -0.05) is 19.1 Å². The van der Waals surface area contributed by atoms with Crippen LogP contribution in [0.1, 0.15) is 19.4 Å². The Morgan fingerprint density at radius 1 is 1.16 bits per heavy atom. The van der Waals surface area contributed by atoms with Crippen molar-refractivity contribution < 1.29 is 13.2 Å². The van der Waals surface area contributed by atoms with Gasteiger partial charge in [-0.3, -0.25) is 4.72 Å². The van der Waals surface area contributed by atoms with Crippen LogP contribution in [0.4, 0.5) is 5.69 Å². The summed E-state index contributed by atoms with van der Waals surface area (Å²) in [5.74, 6) is -0.0278. The van der Waals surface area contributed by atoms with E-state index in [4.69, 9.17) is 4.74 Å². The quantitative estimate of drug-likeness (QED) is 0.676. The van der Waals surface area contributed by atoms with E-state index in [0.29, 0.717) is 12.3 Å². The minimum atomic E-state index is -3.33. The van der Waals surface area contributed by atoms with Crippen LogP contribution in [0, 0.1) is 0 Å². The number of ether oxygens (including phenoxy) is 1. The number of benzene rings is 1. The number of hydrogen-bond donors (Lipinski definition) is 2. The summed E-state index contributed by atoms with van der Waals surface area (Å²) < 4.78 is 31.0. The van der Waals surface area contributed by atoms with Gasteiger partial charge in [0.05, 0.1) is 12.4 Å². The van der Waals surface area contributed by atoms with E-state index in [1.165, 1.54) is 0 Å². The number of nitrogens with one attached hydrogen (secondary N) is 2. The first-order valence-corrected chi connectivity index (χ1v) is 8.10. The van der Waals surface area contributed by atoms with Gasteiger partial charge in [-0.2, -0.15) is 0 Å². The number of rotatable bonds is 9. The topological polar surface area (TPSA) is 67.4 Å². The molecule has 0 aromatic heterocycles. The molecule has 0 atom stereocenters. The van der Waals surface area contributed by atoms with Crippen molar-refractivity contribution in [2.45, 2.75) is 20.4 Å². The Labute approximate surface area is 115 Å². The van der Waals surface area contributed by atoms with Crippen molar-refractivity contribution >= 4 is 15.7 Å².